The van der Waals surface area contributed by atoms with Gasteiger partial charge < -0.3 is 14.4 Å². The van der Waals surface area contributed by atoms with Crippen molar-refractivity contribution in [3.8, 4) is 5.75 Å². The van der Waals surface area contributed by atoms with Crippen molar-refractivity contribution in [2.45, 2.75) is 31.5 Å². The van der Waals surface area contributed by atoms with E-state index in [1.165, 1.54) is 18.2 Å². The minimum atomic E-state index is -4.48. The quantitative estimate of drug-likeness (QED) is 0.376. The van der Waals surface area contributed by atoms with Gasteiger partial charge in [-0.25, -0.2) is 0 Å². The van der Waals surface area contributed by atoms with Gasteiger partial charge in [0.05, 0.1) is 12.7 Å². The van der Waals surface area contributed by atoms with Crippen molar-refractivity contribution >= 4 is 23.5 Å². The maximum absolute atomic E-state index is 13.2. The number of carbonyl (C=O) groups is 3. The predicted molar refractivity (Wildman–Crippen MR) is 116 cm³/mol. The number of halogens is 3. The molecule has 182 valence electrons. The number of methoxy groups -OCH3 is 1. The van der Waals surface area contributed by atoms with Gasteiger partial charge in [0, 0.05) is 37.2 Å². The van der Waals surface area contributed by atoms with Crippen LogP contribution >= 0.6 is 0 Å². The van der Waals surface area contributed by atoms with Crippen molar-refractivity contribution in [3.63, 3.8) is 0 Å². The van der Waals surface area contributed by atoms with Gasteiger partial charge in [0.1, 0.15) is 18.3 Å². The first kappa shape index (κ1) is 24.9. The fourth-order valence-corrected chi connectivity index (χ4v) is 3.48. The van der Waals surface area contributed by atoms with Crippen LogP contribution in [0.1, 0.15) is 35.2 Å². The Hall–Kier alpha value is -3.76. The topological polar surface area (TPSA) is 97.0 Å². The molecule has 0 atom stereocenters. The molecule has 2 N–H and O–H groups in total. The van der Waals surface area contributed by atoms with Gasteiger partial charge in [0.15, 0.2) is 0 Å². The highest BCUT2D eigenvalue weighted by molar-refractivity contribution is 5.98. The Morgan fingerprint density at radius 1 is 1.00 bits per heavy atom. The third kappa shape index (κ3) is 6.63. The first-order valence-electron chi connectivity index (χ1n) is 10.5. The number of alkyl halides is 3. The summed E-state index contributed by atoms with van der Waals surface area (Å²) in [4.78, 5) is 36.8. The molecule has 3 rings (SSSR count). The zero-order valence-corrected chi connectivity index (χ0v) is 18.4. The Morgan fingerprint density at radius 3 is 2.26 bits per heavy atom. The van der Waals surface area contributed by atoms with Crippen molar-refractivity contribution in [2.24, 2.45) is 0 Å². The summed E-state index contributed by atoms with van der Waals surface area (Å²) in [5, 5.41) is 0. The van der Waals surface area contributed by atoms with Crippen LogP contribution in [-0.4, -0.2) is 44.1 Å². The van der Waals surface area contributed by atoms with Gasteiger partial charge in [-0.1, -0.05) is 12.1 Å². The number of anilines is 1. The van der Waals surface area contributed by atoms with E-state index in [0.717, 1.165) is 18.9 Å². The summed E-state index contributed by atoms with van der Waals surface area (Å²) >= 11 is 0. The average molecular weight is 479 g/mol. The fraction of sp³-hybridized carbons (Fsp3) is 0.348. The predicted octanol–water partition coefficient (Wildman–Crippen LogP) is 3.08. The standard InChI is InChI=1S/C23H24F3N3O5/c1-33-21(31)14-20(30)27-28-22(32)15-6-8-16(9-7-15)29-12-10-17(11-13-29)34-19-5-3-2-4-18(19)23(24,25)26/h2-9,17H,10-14H2,1H3,(H,27,30)(H,28,32). The third-order valence-corrected chi connectivity index (χ3v) is 5.27. The Kier molecular flexibility index (Phi) is 7.98. The van der Waals surface area contributed by atoms with Gasteiger partial charge in [0.2, 0.25) is 5.91 Å². The molecular formula is C23H24F3N3O5. The lowest BCUT2D eigenvalue weighted by atomic mass is 10.1. The van der Waals surface area contributed by atoms with Crippen LogP contribution in [0.2, 0.25) is 0 Å². The van der Waals surface area contributed by atoms with Crippen LogP contribution in [0.15, 0.2) is 48.5 Å². The minimum Gasteiger partial charge on any atom is -0.490 e. The highest BCUT2D eigenvalue weighted by atomic mass is 19.4. The molecule has 0 radical (unpaired) electrons. The van der Waals surface area contributed by atoms with Crippen LogP contribution in [0.3, 0.4) is 0 Å². The van der Waals surface area contributed by atoms with Gasteiger partial charge >= 0.3 is 12.1 Å². The highest BCUT2D eigenvalue weighted by Crippen LogP contribution is 2.37. The number of amides is 2. The van der Waals surface area contributed by atoms with Crippen LogP contribution in [0.4, 0.5) is 18.9 Å². The van der Waals surface area contributed by atoms with Crippen molar-refractivity contribution < 1.29 is 37.0 Å². The molecule has 0 unspecified atom stereocenters. The molecule has 11 heteroatoms. The van der Waals surface area contributed by atoms with E-state index in [2.05, 4.69) is 20.5 Å². The Morgan fingerprint density at radius 2 is 1.65 bits per heavy atom. The number of nitrogens with one attached hydrogen (secondary N) is 2. The summed E-state index contributed by atoms with van der Waals surface area (Å²) in [6, 6.07) is 11.8. The lowest BCUT2D eigenvalue weighted by molar-refractivity contribution is -0.144. The first-order chi connectivity index (χ1) is 16.2. The van der Waals surface area contributed by atoms with E-state index in [-0.39, 0.29) is 11.9 Å². The van der Waals surface area contributed by atoms with Crippen molar-refractivity contribution in [2.75, 3.05) is 25.1 Å². The number of para-hydroxylation sites is 1. The zero-order chi connectivity index (χ0) is 24.7. The third-order valence-electron chi connectivity index (χ3n) is 5.27. The molecule has 2 aromatic rings. The van der Waals surface area contributed by atoms with Crippen molar-refractivity contribution in [1.82, 2.24) is 10.9 Å². The summed E-state index contributed by atoms with van der Waals surface area (Å²) in [6.07, 6.45) is -4.24. The normalized spacial score (nSPS) is 14.3. The number of hydrogen-bond donors (Lipinski definition) is 2. The number of nitrogens with zero attached hydrogens (tertiary/aromatic N) is 1. The van der Waals surface area contributed by atoms with Gasteiger partial charge in [-0.05, 0) is 36.4 Å². The van der Waals surface area contributed by atoms with E-state index >= 15 is 0 Å². The van der Waals surface area contributed by atoms with Gasteiger partial charge in [0.25, 0.3) is 5.91 Å². The highest BCUT2D eigenvalue weighted by Gasteiger charge is 2.35. The van der Waals surface area contributed by atoms with Gasteiger partial charge in [-0.2, -0.15) is 13.2 Å². The molecule has 1 saturated heterocycles. The van der Waals surface area contributed by atoms with Crippen LogP contribution < -0.4 is 20.5 Å². The number of esters is 1. The second-order valence-corrected chi connectivity index (χ2v) is 7.60. The first-order valence-corrected chi connectivity index (χ1v) is 10.5. The molecule has 2 aromatic carbocycles. The van der Waals surface area contributed by atoms with Crippen LogP contribution in [0.5, 0.6) is 5.75 Å². The number of piperidine rings is 1. The van der Waals surface area contributed by atoms with Crippen molar-refractivity contribution in [3.05, 3.63) is 59.7 Å². The Bertz CT molecular complexity index is 1020. The van der Waals surface area contributed by atoms with E-state index in [9.17, 15) is 27.6 Å². The van der Waals surface area contributed by atoms with Crippen LogP contribution in [0.25, 0.3) is 0 Å². The number of hydrogen-bond acceptors (Lipinski definition) is 6. The molecule has 8 nitrogen and oxygen atoms in total. The Balaban J connectivity index is 1.50. The Labute approximate surface area is 194 Å². The monoisotopic (exact) mass is 479 g/mol. The van der Waals surface area contributed by atoms with Crippen molar-refractivity contribution in [1.29, 1.82) is 0 Å². The minimum absolute atomic E-state index is 0.164. The molecule has 1 aliphatic rings. The molecule has 34 heavy (non-hydrogen) atoms. The van der Waals surface area contributed by atoms with E-state index in [1.54, 1.807) is 24.3 Å². The molecule has 0 bridgehead atoms. The lowest BCUT2D eigenvalue weighted by Gasteiger charge is -2.34. The molecule has 0 saturated carbocycles. The summed E-state index contributed by atoms with van der Waals surface area (Å²) in [6.45, 7) is 1.15. The van der Waals surface area contributed by atoms with E-state index in [4.69, 9.17) is 4.74 Å². The number of rotatable bonds is 6. The maximum atomic E-state index is 13.2. The molecule has 0 aliphatic carbocycles. The molecule has 1 fully saturated rings. The van der Waals surface area contributed by atoms with E-state index in [1.807, 2.05) is 0 Å². The number of carbonyl (C=O) groups excluding carboxylic acids is 3. The van der Waals surface area contributed by atoms with Gasteiger partial charge in [-0.15, -0.1) is 0 Å². The maximum Gasteiger partial charge on any atom is 0.419 e. The summed E-state index contributed by atoms with van der Waals surface area (Å²) in [5.74, 6) is -2.16. The SMILES string of the molecule is COC(=O)CC(=O)NNC(=O)c1ccc(N2CCC(Oc3ccccc3C(F)(F)F)CC2)cc1. The average Bonchev–Trinajstić information content (AvgIpc) is 2.82. The van der Waals surface area contributed by atoms with Gasteiger partial charge in [-0.3, -0.25) is 25.2 Å². The lowest BCUT2D eigenvalue weighted by Crippen LogP contribution is -2.42. The van der Waals surface area contributed by atoms with E-state index < -0.39 is 35.9 Å². The van der Waals surface area contributed by atoms with E-state index in [0.29, 0.717) is 31.5 Å². The largest absolute Gasteiger partial charge is 0.490 e. The number of benzene rings is 2. The van der Waals surface area contributed by atoms with Crippen LogP contribution in [-0.2, 0) is 20.5 Å². The molecular weight excluding hydrogens is 455 g/mol. The second kappa shape index (κ2) is 10.9. The zero-order valence-electron chi connectivity index (χ0n) is 18.4. The molecule has 1 heterocycles. The fourth-order valence-electron chi connectivity index (χ4n) is 3.48. The summed E-state index contributed by atoms with van der Waals surface area (Å²) in [5.41, 5.74) is 4.70. The number of ether oxygens (including phenoxy) is 2. The molecule has 0 spiro atoms. The number of hydrazine groups is 1. The summed E-state index contributed by atoms with van der Waals surface area (Å²) in [7, 11) is 1.15. The smallest absolute Gasteiger partial charge is 0.419 e. The second-order valence-electron chi connectivity index (χ2n) is 7.60. The molecule has 1 aliphatic heterocycles. The summed E-state index contributed by atoms with van der Waals surface area (Å²) < 4.78 is 49.5. The van der Waals surface area contributed by atoms with Crippen LogP contribution in [0, 0.1) is 0 Å². The molecule has 0 aromatic heterocycles. The molecule has 2 amide bonds.